The molecule has 1 aliphatic rings. The van der Waals surface area contributed by atoms with E-state index in [1.165, 1.54) is 24.4 Å². The van der Waals surface area contributed by atoms with E-state index in [-0.39, 0.29) is 5.97 Å². The minimum absolute atomic E-state index is 0.348. The molecule has 0 bridgehead atoms. The Bertz CT molecular complexity index is 696. The van der Waals surface area contributed by atoms with E-state index < -0.39 is 0 Å². The van der Waals surface area contributed by atoms with Crippen molar-refractivity contribution in [2.24, 2.45) is 0 Å². The van der Waals surface area contributed by atoms with Crippen molar-refractivity contribution >= 4 is 34.0 Å². The molecule has 3 N–H and O–H groups in total. The zero-order valence-electron chi connectivity index (χ0n) is 13.4. The quantitative estimate of drug-likeness (QED) is 0.613. The van der Waals surface area contributed by atoms with E-state index in [0.29, 0.717) is 29.4 Å². The molecule has 0 aliphatic carbocycles. The van der Waals surface area contributed by atoms with Gasteiger partial charge in [0.1, 0.15) is 10.7 Å². The molecule has 1 aromatic carbocycles. The monoisotopic (exact) mass is 348 g/mol. The average Bonchev–Trinajstić information content (AvgIpc) is 3.23. The number of hydrogen-bond acceptors (Lipinski definition) is 8. The third-order valence-electron chi connectivity index (χ3n) is 3.73. The maximum Gasteiger partial charge on any atom is 0.338 e. The Hall–Kier alpha value is -2.48. The molecule has 0 unspecified atom stereocenters. The minimum atomic E-state index is -0.351. The van der Waals surface area contributed by atoms with Crippen LogP contribution in [0.15, 0.2) is 24.3 Å². The predicted molar refractivity (Wildman–Crippen MR) is 94.6 cm³/mol. The second-order valence-electron chi connectivity index (χ2n) is 5.39. The lowest BCUT2D eigenvalue weighted by atomic mass is 10.2. The van der Waals surface area contributed by atoms with Crippen LogP contribution in [-0.2, 0) is 4.74 Å². The second-order valence-corrected chi connectivity index (χ2v) is 6.14. The number of nitrogens with two attached hydrogens (primary N) is 1. The van der Waals surface area contributed by atoms with Crippen LogP contribution in [0.3, 0.4) is 0 Å². The topological polar surface area (TPSA) is 89.7 Å². The molecule has 7 nitrogen and oxygen atoms in total. The van der Waals surface area contributed by atoms with Gasteiger partial charge in [-0.3, -0.25) is 0 Å². The molecule has 2 aromatic rings. The van der Waals surface area contributed by atoms with Crippen LogP contribution < -0.4 is 21.0 Å². The van der Waals surface area contributed by atoms with Gasteiger partial charge in [0, 0.05) is 13.1 Å². The van der Waals surface area contributed by atoms with Gasteiger partial charge < -0.3 is 20.2 Å². The molecule has 0 radical (unpaired) electrons. The maximum atomic E-state index is 11.6. The van der Waals surface area contributed by atoms with E-state index in [4.69, 9.17) is 15.3 Å². The number of aromatic nitrogens is 1. The highest BCUT2D eigenvalue weighted by Gasteiger charge is 2.20. The summed E-state index contributed by atoms with van der Waals surface area (Å²) in [6.45, 7) is 4.15. The van der Waals surface area contributed by atoms with Gasteiger partial charge >= 0.3 is 5.97 Å². The van der Waals surface area contributed by atoms with Crippen molar-refractivity contribution < 1.29 is 14.4 Å². The number of ether oxygens (including phenoxy) is 1. The van der Waals surface area contributed by atoms with Gasteiger partial charge in [-0.25, -0.2) is 10.3 Å². The first-order chi connectivity index (χ1) is 11.7. The second kappa shape index (κ2) is 7.39. The SMILES string of the molecule is CCOC(=O)c1ccc(ONc2nsc(N3CCCC3)c2N)cc1. The van der Waals surface area contributed by atoms with Crippen LogP contribution in [0.25, 0.3) is 0 Å². The van der Waals surface area contributed by atoms with Gasteiger partial charge in [0.25, 0.3) is 0 Å². The third-order valence-corrected chi connectivity index (χ3v) is 4.66. The molecule has 3 rings (SSSR count). The highest BCUT2D eigenvalue weighted by Crippen LogP contribution is 2.36. The first kappa shape index (κ1) is 16.4. The summed E-state index contributed by atoms with van der Waals surface area (Å²) in [5.74, 6) is 0.713. The summed E-state index contributed by atoms with van der Waals surface area (Å²) < 4.78 is 9.25. The number of nitrogens with one attached hydrogen (secondary N) is 1. The van der Waals surface area contributed by atoms with E-state index in [1.54, 1.807) is 31.2 Å². The molecule has 1 aliphatic heterocycles. The number of anilines is 3. The van der Waals surface area contributed by atoms with E-state index >= 15 is 0 Å². The minimum Gasteiger partial charge on any atom is -0.462 e. The van der Waals surface area contributed by atoms with Crippen molar-refractivity contribution in [2.75, 3.05) is 35.8 Å². The summed E-state index contributed by atoms with van der Waals surface area (Å²) >= 11 is 1.37. The number of carbonyl (C=O) groups is 1. The van der Waals surface area contributed by atoms with Gasteiger partial charge in [0.15, 0.2) is 11.6 Å². The lowest BCUT2D eigenvalue weighted by Gasteiger charge is -2.15. The standard InChI is InChI=1S/C16H20N4O3S/c1-2-22-16(21)11-5-7-12(8-6-11)23-18-14-13(17)15(24-19-14)20-9-3-4-10-20/h5-8H,2-4,9-10,17H2,1H3,(H,18,19). The number of benzene rings is 1. The highest BCUT2D eigenvalue weighted by atomic mass is 32.1. The molecule has 8 heteroatoms. The van der Waals surface area contributed by atoms with Gasteiger partial charge in [-0.05, 0) is 55.6 Å². The predicted octanol–water partition coefficient (Wildman–Crippen LogP) is 2.91. The summed E-state index contributed by atoms with van der Waals surface area (Å²) in [6.07, 6.45) is 2.37. The fraction of sp³-hybridized carbons (Fsp3) is 0.375. The number of rotatable bonds is 6. The Balaban J connectivity index is 1.60. The Morgan fingerprint density at radius 3 is 2.71 bits per heavy atom. The van der Waals surface area contributed by atoms with Crippen molar-refractivity contribution in [3.05, 3.63) is 29.8 Å². The molecule has 0 atom stereocenters. The Morgan fingerprint density at radius 2 is 2.04 bits per heavy atom. The van der Waals surface area contributed by atoms with Crippen molar-refractivity contribution in [1.29, 1.82) is 0 Å². The van der Waals surface area contributed by atoms with Gasteiger partial charge in [0.2, 0.25) is 0 Å². The van der Waals surface area contributed by atoms with Crippen molar-refractivity contribution in [1.82, 2.24) is 4.37 Å². The molecule has 1 fully saturated rings. The van der Waals surface area contributed by atoms with E-state index in [9.17, 15) is 4.79 Å². The fourth-order valence-corrected chi connectivity index (χ4v) is 3.30. The molecule has 0 saturated carbocycles. The Labute approximate surface area is 144 Å². The van der Waals surface area contributed by atoms with Crippen molar-refractivity contribution in [3.8, 4) is 5.75 Å². The molecular formula is C16H20N4O3S. The van der Waals surface area contributed by atoms with Crippen LogP contribution in [0.2, 0.25) is 0 Å². The molecule has 24 heavy (non-hydrogen) atoms. The lowest BCUT2D eigenvalue weighted by molar-refractivity contribution is 0.0526. The lowest BCUT2D eigenvalue weighted by Crippen LogP contribution is -2.17. The van der Waals surface area contributed by atoms with Crippen molar-refractivity contribution in [3.63, 3.8) is 0 Å². The summed E-state index contributed by atoms with van der Waals surface area (Å²) in [6, 6.07) is 6.66. The van der Waals surface area contributed by atoms with E-state index in [1.807, 2.05) is 0 Å². The zero-order chi connectivity index (χ0) is 16.9. The summed E-state index contributed by atoms with van der Waals surface area (Å²) in [4.78, 5) is 19.3. The van der Waals surface area contributed by atoms with Gasteiger partial charge in [-0.15, -0.1) is 0 Å². The van der Waals surface area contributed by atoms with Crippen molar-refractivity contribution in [2.45, 2.75) is 19.8 Å². The number of carbonyl (C=O) groups excluding carboxylic acids is 1. The van der Waals surface area contributed by atoms with Crippen LogP contribution in [0.1, 0.15) is 30.1 Å². The molecule has 0 amide bonds. The van der Waals surface area contributed by atoms with Gasteiger partial charge in [-0.2, -0.15) is 4.37 Å². The summed E-state index contributed by atoms with van der Waals surface area (Å²) in [7, 11) is 0. The van der Waals surface area contributed by atoms with E-state index in [0.717, 1.165) is 18.1 Å². The Morgan fingerprint density at radius 1 is 1.33 bits per heavy atom. The average molecular weight is 348 g/mol. The normalized spacial score (nSPS) is 13.8. The molecule has 2 heterocycles. The number of nitrogens with zero attached hydrogens (tertiary/aromatic N) is 2. The first-order valence-electron chi connectivity index (χ1n) is 7.89. The highest BCUT2D eigenvalue weighted by molar-refractivity contribution is 7.11. The van der Waals surface area contributed by atoms with Gasteiger partial charge in [-0.1, -0.05) is 0 Å². The summed E-state index contributed by atoms with van der Waals surface area (Å²) in [5.41, 5.74) is 10.0. The van der Waals surface area contributed by atoms with Crippen LogP contribution in [0, 0.1) is 0 Å². The molecular weight excluding hydrogens is 328 g/mol. The van der Waals surface area contributed by atoms with Crippen LogP contribution >= 0.6 is 11.5 Å². The van der Waals surface area contributed by atoms with E-state index in [2.05, 4.69) is 14.8 Å². The van der Waals surface area contributed by atoms with Crippen LogP contribution in [0.4, 0.5) is 16.5 Å². The van der Waals surface area contributed by atoms with Crippen LogP contribution in [0.5, 0.6) is 5.75 Å². The summed E-state index contributed by atoms with van der Waals surface area (Å²) in [5, 5.41) is 0.983. The Kier molecular flexibility index (Phi) is 5.05. The van der Waals surface area contributed by atoms with Gasteiger partial charge in [0.05, 0.1) is 12.2 Å². The molecule has 1 aromatic heterocycles. The largest absolute Gasteiger partial charge is 0.462 e. The maximum absolute atomic E-state index is 11.6. The number of nitrogen functional groups attached to an aromatic ring is 1. The number of esters is 1. The molecule has 0 spiro atoms. The zero-order valence-corrected chi connectivity index (χ0v) is 14.3. The number of hydrogen-bond donors (Lipinski definition) is 2. The molecule has 128 valence electrons. The van der Waals surface area contributed by atoms with Crippen LogP contribution in [-0.4, -0.2) is 30.0 Å². The first-order valence-corrected chi connectivity index (χ1v) is 8.66. The smallest absolute Gasteiger partial charge is 0.338 e. The molecule has 1 saturated heterocycles. The third kappa shape index (κ3) is 3.53. The fourth-order valence-electron chi connectivity index (χ4n) is 2.49.